The van der Waals surface area contributed by atoms with E-state index in [-0.39, 0.29) is 17.9 Å². The van der Waals surface area contributed by atoms with Crippen LogP contribution in [0.25, 0.3) is 0 Å². The normalized spacial score (nSPS) is 19.2. The van der Waals surface area contributed by atoms with Crippen LogP contribution in [-0.4, -0.2) is 11.4 Å². The van der Waals surface area contributed by atoms with Crippen LogP contribution < -0.4 is 10.6 Å². The van der Waals surface area contributed by atoms with E-state index in [1.165, 1.54) is 53.6 Å². The van der Waals surface area contributed by atoms with E-state index in [0.717, 1.165) is 30.9 Å². The number of amidine groups is 1. The zero-order chi connectivity index (χ0) is 18.9. The number of nitrogens with one attached hydrogen (secondary N) is 2. The molecule has 3 nitrogen and oxygen atoms in total. The molecule has 1 aliphatic carbocycles. The molecule has 0 bridgehead atoms. The van der Waals surface area contributed by atoms with Gasteiger partial charge in [-0.1, -0.05) is 49.9 Å². The fraction of sp³-hybridized carbons (Fsp3) is 0.458. The summed E-state index contributed by atoms with van der Waals surface area (Å²) in [4.78, 5) is 5.13. The van der Waals surface area contributed by atoms with Crippen molar-refractivity contribution >= 4 is 29.6 Å². The number of rotatable bonds is 2. The first kappa shape index (κ1) is 20.7. The van der Waals surface area contributed by atoms with Crippen molar-refractivity contribution in [1.29, 1.82) is 0 Å². The third-order valence-corrected chi connectivity index (χ3v) is 6.34. The molecule has 150 valence electrons. The van der Waals surface area contributed by atoms with Gasteiger partial charge in [0, 0.05) is 0 Å². The van der Waals surface area contributed by atoms with Crippen molar-refractivity contribution in [2.45, 2.75) is 71.4 Å². The van der Waals surface area contributed by atoms with Crippen LogP contribution in [0, 0.1) is 20.8 Å². The highest BCUT2D eigenvalue weighted by Crippen LogP contribution is 2.40. The lowest BCUT2D eigenvalue weighted by Gasteiger charge is -2.41. The first-order valence-corrected chi connectivity index (χ1v) is 10.3. The van der Waals surface area contributed by atoms with E-state index in [1.807, 2.05) is 0 Å². The summed E-state index contributed by atoms with van der Waals surface area (Å²) >= 11 is 0. The van der Waals surface area contributed by atoms with Gasteiger partial charge in [-0.15, -0.1) is 12.4 Å². The largest absolute Gasteiger partial charge is 0.371 e. The number of hydrogen-bond donors (Lipinski definition) is 2. The zero-order valence-electron chi connectivity index (χ0n) is 17.3. The number of halogens is 1. The van der Waals surface area contributed by atoms with Gasteiger partial charge in [-0.3, -0.25) is 4.99 Å². The van der Waals surface area contributed by atoms with Crippen LogP contribution >= 0.6 is 12.4 Å². The fourth-order valence-electron chi connectivity index (χ4n) is 4.42. The van der Waals surface area contributed by atoms with Gasteiger partial charge in [0.1, 0.15) is 5.84 Å². The molecule has 0 aromatic heterocycles. The highest BCUT2D eigenvalue weighted by atomic mass is 35.5. The lowest BCUT2D eigenvalue weighted by Crippen LogP contribution is -2.52. The average molecular weight is 398 g/mol. The number of anilines is 2. The number of aliphatic imine (C=N–C) groups is 1. The van der Waals surface area contributed by atoms with E-state index in [9.17, 15) is 0 Å². The predicted molar refractivity (Wildman–Crippen MR) is 123 cm³/mol. The third-order valence-electron chi connectivity index (χ3n) is 6.34. The van der Waals surface area contributed by atoms with E-state index >= 15 is 0 Å². The molecule has 2 aromatic carbocycles. The summed E-state index contributed by atoms with van der Waals surface area (Å²) in [6.07, 6.45) is 7.48. The predicted octanol–water partition coefficient (Wildman–Crippen LogP) is 6.56. The molecule has 1 heterocycles. The summed E-state index contributed by atoms with van der Waals surface area (Å²) in [6.45, 7) is 7.28. The van der Waals surface area contributed by atoms with Crippen molar-refractivity contribution in [2.24, 2.45) is 4.99 Å². The Bertz CT molecular complexity index is 864. The van der Waals surface area contributed by atoms with Crippen LogP contribution in [0.4, 0.5) is 11.4 Å². The molecule has 1 spiro atoms. The van der Waals surface area contributed by atoms with E-state index in [0.29, 0.717) is 0 Å². The van der Waals surface area contributed by atoms with E-state index < -0.39 is 0 Å². The molecule has 2 aromatic rings. The Morgan fingerprint density at radius 3 is 2.18 bits per heavy atom. The molecular formula is C24H32ClN3. The first-order chi connectivity index (χ1) is 13.1. The number of hydrogen-bond acceptors (Lipinski definition) is 2. The van der Waals surface area contributed by atoms with Gasteiger partial charge in [-0.2, -0.15) is 0 Å². The Labute approximate surface area is 175 Å². The van der Waals surface area contributed by atoms with Gasteiger partial charge < -0.3 is 10.6 Å². The van der Waals surface area contributed by atoms with E-state index in [4.69, 9.17) is 4.99 Å². The Morgan fingerprint density at radius 2 is 1.50 bits per heavy atom. The molecule has 0 saturated heterocycles. The Kier molecular flexibility index (Phi) is 6.34. The van der Waals surface area contributed by atoms with Crippen molar-refractivity contribution in [2.75, 3.05) is 10.6 Å². The summed E-state index contributed by atoms with van der Waals surface area (Å²) in [5.41, 5.74) is 7.62. The second-order valence-corrected chi connectivity index (χ2v) is 8.32. The van der Waals surface area contributed by atoms with Gasteiger partial charge in [0.2, 0.25) is 0 Å². The molecule has 28 heavy (non-hydrogen) atoms. The molecule has 1 aliphatic heterocycles. The Balaban J connectivity index is 0.00000225. The van der Waals surface area contributed by atoms with Crippen molar-refractivity contribution in [3.8, 4) is 0 Å². The minimum Gasteiger partial charge on any atom is -0.371 e. The molecule has 0 unspecified atom stereocenters. The lowest BCUT2D eigenvalue weighted by molar-refractivity contribution is 0.524. The molecule has 0 amide bonds. The average Bonchev–Trinajstić information content (AvgIpc) is 2.89. The monoisotopic (exact) mass is 397 g/mol. The minimum atomic E-state index is -0.0477. The molecule has 0 radical (unpaired) electrons. The van der Waals surface area contributed by atoms with Gasteiger partial charge in [0.05, 0.1) is 23.5 Å². The van der Waals surface area contributed by atoms with Crippen LogP contribution in [0.5, 0.6) is 0 Å². The highest BCUT2D eigenvalue weighted by molar-refractivity contribution is 6.09. The fourth-order valence-corrected chi connectivity index (χ4v) is 4.42. The molecule has 4 heteroatoms. The molecule has 1 saturated carbocycles. The standard InChI is InChI=1S/C24H31N3.ClH/c1-17-10-6-7-11-20(17)16-25-23-24(12-8-4-5-9-13-24)27-22-15-19(3)18(2)14-21(22)26-23;/h6-7,10-11,14-15,27H,4-5,8-9,12-13,16H2,1-3H3,(H,25,26);1H. The summed E-state index contributed by atoms with van der Waals surface area (Å²) in [7, 11) is 0. The topological polar surface area (TPSA) is 36.4 Å². The summed E-state index contributed by atoms with van der Waals surface area (Å²) in [5, 5.41) is 7.66. The highest BCUT2D eigenvalue weighted by Gasteiger charge is 2.40. The van der Waals surface area contributed by atoms with Gasteiger partial charge in [0.25, 0.3) is 0 Å². The maximum atomic E-state index is 5.13. The molecule has 1 fully saturated rings. The minimum absolute atomic E-state index is 0. The lowest BCUT2D eigenvalue weighted by atomic mass is 9.85. The number of fused-ring (bicyclic) bond motifs is 1. The van der Waals surface area contributed by atoms with Crippen LogP contribution in [-0.2, 0) is 6.54 Å². The number of aryl methyl sites for hydroxylation is 3. The zero-order valence-corrected chi connectivity index (χ0v) is 18.1. The van der Waals surface area contributed by atoms with Gasteiger partial charge in [0.15, 0.2) is 0 Å². The maximum Gasteiger partial charge on any atom is 0.127 e. The summed E-state index contributed by atoms with van der Waals surface area (Å²) in [5.74, 6) is 1.13. The van der Waals surface area contributed by atoms with Crippen LogP contribution in [0.2, 0.25) is 0 Å². The second-order valence-electron chi connectivity index (χ2n) is 8.32. The summed E-state index contributed by atoms with van der Waals surface area (Å²) in [6, 6.07) is 13.1. The molecule has 2 aliphatic rings. The quantitative estimate of drug-likeness (QED) is 0.601. The van der Waals surface area contributed by atoms with Gasteiger partial charge >= 0.3 is 0 Å². The second kappa shape index (κ2) is 8.57. The van der Waals surface area contributed by atoms with Gasteiger partial charge in [-0.05, 0) is 68.0 Å². The van der Waals surface area contributed by atoms with Crippen molar-refractivity contribution in [1.82, 2.24) is 0 Å². The Hall–Kier alpha value is -2.00. The van der Waals surface area contributed by atoms with Crippen LogP contribution in [0.15, 0.2) is 41.4 Å². The molecular weight excluding hydrogens is 366 g/mol. The van der Waals surface area contributed by atoms with Crippen molar-refractivity contribution in [3.05, 3.63) is 58.7 Å². The Morgan fingerprint density at radius 1 is 0.857 bits per heavy atom. The SMILES string of the molecule is Cc1cc2c(cc1C)NC1(CCCCCC1)C(=NCc1ccccc1C)N2.Cl. The van der Waals surface area contributed by atoms with Crippen molar-refractivity contribution in [3.63, 3.8) is 0 Å². The molecule has 0 atom stereocenters. The maximum absolute atomic E-state index is 5.13. The van der Waals surface area contributed by atoms with E-state index in [1.54, 1.807) is 0 Å². The summed E-state index contributed by atoms with van der Waals surface area (Å²) < 4.78 is 0. The number of benzene rings is 2. The first-order valence-electron chi connectivity index (χ1n) is 10.3. The smallest absolute Gasteiger partial charge is 0.127 e. The molecule has 2 N–H and O–H groups in total. The molecule has 4 rings (SSSR count). The van der Waals surface area contributed by atoms with Gasteiger partial charge in [-0.25, -0.2) is 0 Å². The van der Waals surface area contributed by atoms with E-state index in [2.05, 4.69) is 67.8 Å². The third kappa shape index (κ3) is 4.05. The van der Waals surface area contributed by atoms with Crippen LogP contribution in [0.3, 0.4) is 0 Å². The number of nitrogens with zero attached hydrogens (tertiary/aromatic N) is 1. The van der Waals surface area contributed by atoms with Crippen molar-refractivity contribution < 1.29 is 0 Å². The van der Waals surface area contributed by atoms with Crippen LogP contribution in [0.1, 0.15) is 60.8 Å².